The van der Waals surface area contributed by atoms with Gasteiger partial charge >= 0.3 is 0 Å². The van der Waals surface area contributed by atoms with Crippen molar-refractivity contribution in [3.63, 3.8) is 0 Å². The third kappa shape index (κ3) is 3.26. The molecule has 0 saturated carbocycles. The van der Waals surface area contributed by atoms with Crippen molar-refractivity contribution in [1.82, 2.24) is 4.90 Å². The Balaban J connectivity index is 2.09. The van der Waals surface area contributed by atoms with Crippen molar-refractivity contribution in [3.05, 3.63) is 23.8 Å². The van der Waals surface area contributed by atoms with Crippen LogP contribution in [0.2, 0.25) is 0 Å². The van der Waals surface area contributed by atoms with E-state index in [-0.39, 0.29) is 5.91 Å². The molecular formula is C15H20BrNO3. The van der Waals surface area contributed by atoms with E-state index in [1.54, 1.807) is 32.4 Å². The van der Waals surface area contributed by atoms with Crippen molar-refractivity contribution in [3.8, 4) is 11.5 Å². The van der Waals surface area contributed by atoms with E-state index in [0.29, 0.717) is 23.0 Å². The summed E-state index contributed by atoms with van der Waals surface area (Å²) < 4.78 is 10.4. The van der Waals surface area contributed by atoms with Gasteiger partial charge in [0.15, 0.2) is 11.5 Å². The molecule has 1 heterocycles. The Morgan fingerprint density at radius 1 is 1.25 bits per heavy atom. The molecule has 0 bridgehead atoms. The number of halogens is 1. The fraction of sp³-hybridized carbons (Fsp3) is 0.533. The fourth-order valence-electron chi connectivity index (χ4n) is 2.44. The fourth-order valence-corrected chi connectivity index (χ4v) is 3.09. The van der Waals surface area contributed by atoms with Crippen LogP contribution in [0.4, 0.5) is 0 Å². The number of hydrogen-bond donors (Lipinski definition) is 0. The highest BCUT2D eigenvalue weighted by atomic mass is 79.9. The second kappa shape index (κ2) is 6.97. The third-order valence-electron chi connectivity index (χ3n) is 3.75. The first-order valence-corrected chi connectivity index (χ1v) is 7.89. The lowest BCUT2D eigenvalue weighted by Crippen LogP contribution is -2.38. The minimum Gasteiger partial charge on any atom is -0.493 e. The molecule has 0 aliphatic carbocycles. The van der Waals surface area contributed by atoms with Crippen LogP contribution in [0.25, 0.3) is 0 Å². The third-order valence-corrected chi connectivity index (χ3v) is 4.67. The summed E-state index contributed by atoms with van der Waals surface area (Å²) in [6.45, 7) is 1.65. The largest absolute Gasteiger partial charge is 0.493 e. The lowest BCUT2D eigenvalue weighted by molar-refractivity contribution is 0.0698. The van der Waals surface area contributed by atoms with E-state index in [1.165, 1.54) is 0 Å². The predicted octanol–water partition coefficient (Wildman–Crippen LogP) is 2.95. The number of nitrogens with zero attached hydrogens (tertiary/aromatic N) is 1. The first kappa shape index (κ1) is 15.2. The molecule has 110 valence electrons. The van der Waals surface area contributed by atoms with Crippen molar-refractivity contribution >= 4 is 21.8 Å². The standard InChI is InChI=1S/C15H20BrNO3/c1-19-13-4-3-12(9-14(13)20-2)15(18)17-7-5-11(10-16)6-8-17/h3-4,9,11H,5-8,10H2,1-2H3. The number of piperidine rings is 1. The number of ether oxygens (including phenoxy) is 2. The Morgan fingerprint density at radius 3 is 2.45 bits per heavy atom. The number of benzene rings is 1. The van der Waals surface area contributed by atoms with E-state index in [9.17, 15) is 4.79 Å². The molecule has 1 aromatic rings. The predicted molar refractivity (Wildman–Crippen MR) is 82.0 cm³/mol. The van der Waals surface area contributed by atoms with Crippen LogP contribution in [0.1, 0.15) is 23.2 Å². The Kier molecular flexibility index (Phi) is 5.29. The summed E-state index contributed by atoms with van der Waals surface area (Å²) >= 11 is 3.51. The average Bonchev–Trinajstić information content (AvgIpc) is 2.53. The molecule has 0 radical (unpaired) electrons. The van der Waals surface area contributed by atoms with Gasteiger partial charge in [-0.1, -0.05) is 15.9 Å². The van der Waals surface area contributed by atoms with Gasteiger partial charge in [0.2, 0.25) is 0 Å². The van der Waals surface area contributed by atoms with Crippen LogP contribution >= 0.6 is 15.9 Å². The number of likely N-dealkylation sites (tertiary alicyclic amines) is 1. The van der Waals surface area contributed by atoms with E-state index < -0.39 is 0 Å². The summed E-state index contributed by atoms with van der Waals surface area (Å²) in [5, 5.41) is 1.02. The van der Waals surface area contributed by atoms with Crippen LogP contribution in [-0.4, -0.2) is 43.4 Å². The zero-order valence-corrected chi connectivity index (χ0v) is 13.5. The van der Waals surface area contributed by atoms with E-state index in [1.807, 2.05) is 4.90 Å². The molecule has 1 saturated heterocycles. The lowest BCUT2D eigenvalue weighted by Gasteiger charge is -2.31. The second-order valence-electron chi connectivity index (χ2n) is 4.96. The van der Waals surface area contributed by atoms with Gasteiger partial charge in [0.1, 0.15) is 0 Å². The summed E-state index contributed by atoms with van der Waals surface area (Å²) in [5.41, 5.74) is 0.653. The van der Waals surface area contributed by atoms with Crippen molar-refractivity contribution in [1.29, 1.82) is 0 Å². The molecule has 0 atom stereocenters. The Labute approximate surface area is 128 Å². The van der Waals surface area contributed by atoms with Crippen LogP contribution in [-0.2, 0) is 0 Å². The van der Waals surface area contributed by atoms with Gasteiger partial charge in [0.25, 0.3) is 5.91 Å². The lowest BCUT2D eigenvalue weighted by atomic mass is 9.98. The van der Waals surface area contributed by atoms with E-state index in [4.69, 9.17) is 9.47 Å². The maximum atomic E-state index is 12.5. The smallest absolute Gasteiger partial charge is 0.253 e. The second-order valence-corrected chi connectivity index (χ2v) is 5.61. The van der Waals surface area contributed by atoms with Crippen LogP contribution in [0.3, 0.4) is 0 Å². The molecule has 1 aliphatic rings. The molecule has 1 fully saturated rings. The van der Waals surface area contributed by atoms with Crippen LogP contribution in [0.5, 0.6) is 11.5 Å². The Bertz CT molecular complexity index is 470. The van der Waals surface area contributed by atoms with Crippen LogP contribution < -0.4 is 9.47 Å². The molecule has 0 unspecified atom stereocenters. The Hall–Kier alpha value is -1.23. The molecule has 2 rings (SSSR count). The molecule has 1 amide bonds. The van der Waals surface area contributed by atoms with Gasteiger partial charge in [0.05, 0.1) is 14.2 Å². The average molecular weight is 342 g/mol. The van der Waals surface area contributed by atoms with Gasteiger partial charge in [0, 0.05) is 24.0 Å². The molecule has 0 N–H and O–H groups in total. The van der Waals surface area contributed by atoms with Crippen molar-refractivity contribution in [2.45, 2.75) is 12.8 Å². The molecule has 0 spiro atoms. The number of carbonyl (C=O) groups is 1. The van der Waals surface area contributed by atoms with Crippen LogP contribution in [0, 0.1) is 5.92 Å². The number of methoxy groups -OCH3 is 2. The summed E-state index contributed by atoms with van der Waals surface area (Å²) in [7, 11) is 3.16. The SMILES string of the molecule is COc1ccc(C(=O)N2CCC(CBr)CC2)cc1OC. The highest BCUT2D eigenvalue weighted by Crippen LogP contribution is 2.29. The normalized spacial score (nSPS) is 16.1. The van der Waals surface area contributed by atoms with Gasteiger partial charge < -0.3 is 14.4 Å². The molecule has 0 aromatic heterocycles. The van der Waals surface area contributed by atoms with Crippen molar-refractivity contribution in [2.75, 3.05) is 32.6 Å². The summed E-state index contributed by atoms with van der Waals surface area (Å²) in [5.74, 6) is 1.99. The maximum absolute atomic E-state index is 12.5. The van der Waals surface area contributed by atoms with Gasteiger partial charge in [-0.15, -0.1) is 0 Å². The molecule has 4 nitrogen and oxygen atoms in total. The van der Waals surface area contributed by atoms with Gasteiger partial charge in [-0.25, -0.2) is 0 Å². The zero-order chi connectivity index (χ0) is 14.5. The quantitative estimate of drug-likeness (QED) is 0.790. The van der Waals surface area contributed by atoms with Crippen molar-refractivity contribution < 1.29 is 14.3 Å². The highest BCUT2D eigenvalue weighted by Gasteiger charge is 2.23. The topological polar surface area (TPSA) is 38.8 Å². The maximum Gasteiger partial charge on any atom is 0.253 e. The first-order valence-electron chi connectivity index (χ1n) is 6.76. The van der Waals surface area contributed by atoms with E-state index in [2.05, 4.69) is 15.9 Å². The molecule has 20 heavy (non-hydrogen) atoms. The van der Waals surface area contributed by atoms with Gasteiger partial charge in [-0.05, 0) is 37.0 Å². The number of alkyl halides is 1. The van der Waals surface area contributed by atoms with Crippen LogP contribution in [0.15, 0.2) is 18.2 Å². The van der Waals surface area contributed by atoms with Gasteiger partial charge in [-0.3, -0.25) is 4.79 Å². The number of carbonyl (C=O) groups excluding carboxylic acids is 1. The summed E-state index contributed by atoms with van der Waals surface area (Å²) in [6.07, 6.45) is 2.12. The minimum atomic E-state index is 0.0685. The monoisotopic (exact) mass is 341 g/mol. The first-order chi connectivity index (χ1) is 9.69. The minimum absolute atomic E-state index is 0.0685. The number of hydrogen-bond acceptors (Lipinski definition) is 3. The number of amides is 1. The number of rotatable bonds is 4. The molecule has 1 aromatic carbocycles. The molecule has 5 heteroatoms. The van der Waals surface area contributed by atoms with E-state index >= 15 is 0 Å². The highest BCUT2D eigenvalue weighted by molar-refractivity contribution is 9.09. The summed E-state index contributed by atoms with van der Waals surface area (Å²) in [6, 6.07) is 5.31. The van der Waals surface area contributed by atoms with Crippen molar-refractivity contribution in [2.24, 2.45) is 5.92 Å². The zero-order valence-electron chi connectivity index (χ0n) is 11.9. The van der Waals surface area contributed by atoms with Gasteiger partial charge in [-0.2, -0.15) is 0 Å². The summed E-state index contributed by atoms with van der Waals surface area (Å²) in [4.78, 5) is 14.4. The molecule has 1 aliphatic heterocycles. The Morgan fingerprint density at radius 2 is 1.90 bits per heavy atom. The van der Waals surface area contributed by atoms with E-state index in [0.717, 1.165) is 31.3 Å². The molecular weight excluding hydrogens is 322 g/mol.